The predicted molar refractivity (Wildman–Crippen MR) is 93.4 cm³/mol. The number of piperidine rings is 1. The fourth-order valence-electron chi connectivity index (χ4n) is 6.13. The van der Waals surface area contributed by atoms with Crippen LogP contribution >= 0.6 is 0 Å². The van der Waals surface area contributed by atoms with Crippen molar-refractivity contribution in [2.24, 2.45) is 5.92 Å². The molecule has 0 unspecified atom stereocenters. The highest BCUT2D eigenvalue weighted by atomic mass is 16.6. The Balaban J connectivity index is 1.61. The number of phenolic OH excluding ortho intramolecular Hbond substituents is 1. The number of carbonyl (C=O) groups excluding carboxylic acids is 1. The van der Waals surface area contributed by atoms with Crippen molar-refractivity contribution in [3.63, 3.8) is 0 Å². The summed E-state index contributed by atoms with van der Waals surface area (Å²) in [5.41, 5.74) is 2.30. The third-order valence-corrected chi connectivity index (χ3v) is 7.09. The van der Waals surface area contributed by atoms with Gasteiger partial charge < -0.3 is 24.2 Å². The number of likely N-dealkylation sites (tertiary alicyclic amines) is 1. The minimum Gasteiger partial charge on any atom is -0.504 e. The molecule has 6 heteroatoms. The van der Waals surface area contributed by atoms with Crippen molar-refractivity contribution in [1.29, 1.82) is 0 Å². The average Bonchev–Trinajstić information content (AvgIpc) is 2.97. The Bertz CT molecular complexity index is 765. The van der Waals surface area contributed by atoms with Gasteiger partial charge >= 0.3 is 5.97 Å². The van der Waals surface area contributed by atoms with Gasteiger partial charge in [0.25, 0.3) is 0 Å². The number of likely N-dealkylation sites (N-methyl/N-ethyl adjacent to an activating group) is 1. The Labute approximate surface area is 153 Å². The average molecular weight is 359 g/mol. The summed E-state index contributed by atoms with van der Waals surface area (Å²) in [5, 5.41) is 10.4. The van der Waals surface area contributed by atoms with Gasteiger partial charge in [0.1, 0.15) is 18.8 Å². The maximum atomic E-state index is 12.1. The Morgan fingerprint density at radius 1 is 1.42 bits per heavy atom. The number of rotatable bonds is 3. The van der Waals surface area contributed by atoms with E-state index >= 15 is 0 Å². The van der Waals surface area contributed by atoms with E-state index in [4.69, 9.17) is 14.2 Å². The summed E-state index contributed by atoms with van der Waals surface area (Å²) >= 11 is 0. The zero-order valence-electron chi connectivity index (χ0n) is 15.2. The lowest BCUT2D eigenvalue weighted by Crippen LogP contribution is -2.66. The van der Waals surface area contributed by atoms with Crippen LogP contribution in [0.25, 0.3) is 0 Å². The van der Waals surface area contributed by atoms with Crippen molar-refractivity contribution in [2.75, 3.05) is 27.3 Å². The van der Waals surface area contributed by atoms with E-state index in [0.29, 0.717) is 17.7 Å². The molecule has 26 heavy (non-hydrogen) atoms. The Morgan fingerprint density at radius 2 is 2.27 bits per heavy atom. The van der Waals surface area contributed by atoms with Crippen LogP contribution in [-0.4, -0.2) is 61.5 Å². The van der Waals surface area contributed by atoms with Crippen LogP contribution in [0.4, 0.5) is 0 Å². The van der Waals surface area contributed by atoms with Gasteiger partial charge in [0.2, 0.25) is 0 Å². The molecule has 2 heterocycles. The first-order valence-corrected chi connectivity index (χ1v) is 9.47. The van der Waals surface area contributed by atoms with E-state index in [1.165, 1.54) is 18.2 Å². The van der Waals surface area contributed by atoms with Gasteiger partial charge in [-0.05, 0) is 56.8 Å². The second-order valence-corrected chi connectivity index (χ2v) is 8.17. The lowest BCUT2D eigenvalue weighted by Gasteiger charge is -2.58. The first-order chi connectivity index (χ1) is 12.6. The Kier molecular flexibility index (Phi) is 3.53. The van der Waals surface area contributed by atoms with E-state index in [0.717, 1.165) is 32.2 Å². The normalized spacial score (nSPS) is 37.0. The van der Waals surface area contributed by atoms with Crippen LogP contribution in [0, 0.1) is 5.92 Å². The second-order valence-electron chi connectivity index (χ2n) is 8.17. The van der Waals surface area contributed by atoms with Crippen LogP contribution in [0.15, 0.2) is 12.1 Å². The van der Waals surface area contributed by atoms with Gasteiger partial charge in [-0.2, -0.15) is 0 Å². The van der Waals surface area contributed by atoms with E-state index < -0.39 is 0 Å². The van der Waals surface area contributed by atoms with Gasteiger partial charge in [-0.1, -0.05) is 6.07 Å². The number of hydrogen-bond donors (Lipinski definition) is 1. The molecule has 4 aliphatic rings. The summed E-state index contributed by atoms with van der Waals surface area (Å²) < 4.78 is 17.0. The molecule has 1 aromatic rings. The quantitative estimate of drug-likeness (QED) is 0.827. The molecule has 1 spiro atoms. The van der Waals surface area contributed by atoms with E-state index in [1.807, 2.05) is 6.07 Å². The third-order valence-electron chi connectivity index (χ3n) is 7.09. The molecule has 1 saturated carbocycles. The molecule has 1 saturated heterocycles. The number of aromatic hydroxyl groups is 1. The molecule has 0 amide bonds. The lowest BCUT2D eigenvalue weighted by atomic mass is 9.51. The molecule has 1 N–H and O–H groups in total. The van der Waals surface area contributed by atoms with Crippen LogP contribution in [0.2, 0.25) is 0 Å². The zero-order chi connectivity index (χ0) is 18.1. The van der Waals surface area contributed by atoms with E-state index in [2.05, 4.69) is 11.9 Å². The van der Waals surface area contributed by atoms with E-state index in [-0.39, 0.29) is 35.9 Å². The summed E-state index contributed by atoms with van der Waals surface area (Å²) in [6.07, 6.45) is 3.25. The van der Waals surface area contributed by atoms with Gasteiger partial charge in [0, 0.05) is 24.1 Å². The van der Waals surface area contributed by atoms with Crippen molar-refractivity contribution >= 4 is 5.97 Å². The third kappa shape index (κ3) is 1.97. The molecule has 0 radical (unpaired) electrons. The highest BCUT2D eigenvalue weighted by molar-refractivity contribution is 5.71. The molecular formula is C20H25NO5. The van der Waals surface area contributed by atoms with Gasteiger partial charge in [-0.3, -0.25) is 0 Å². The monoisotopic (exact) mass is 359 g/mol. The summed E-state index contributed by atoms with van der Waals surface area (Å²) in [5.74, 6) is 0.941. The smallest absolute Gasteiger partial charge is 0.332 e. The highest BCUT2D eigenvalue weighted by Gasteiger charge is 2.66. The summed E-state index contributed by atoms with van der Waals surface area (Å²) in [6, 6.07) is 4.27. The van der Waals surface area contributed by atoms with Crippen molar-refractivity contribution in [3.05, 3.63) is 23.3 Å². The van der Waals surface area contributed by atoms with Crippen molar-refractivity contribution < 1.29 is 24.1 Å². The SMILES string of the molecule is COCC(=O)O[C@H]1CC[C@H]2[C@H]3Cc4ccc(O)c5c4[C@@]2(CCN3C)[C@H]1O5. The molecule has 2 aliphatic carbocycles. The maximum Gasteiger partial charge on any atom is 0.332 e. The summed E-state index contributed by atoms with van der Waals surface area (Å²) in [4.78, 5) is 14.5. The summed E-state index contributed by atoms with van der Waals surface area (Å²) in [6.45, 7) is 0.947. The van der Waals surface area contributed by atoms with Crippen molar-refractivity contribution in [1.82, 2.24) is 4.90 Å². The molecule has 5 atom stereocenters. The predicted octanol–water partition coefficient (Wildman–Crippen LogP) is 1.62. The Hall–Kier alpha value is -1.79. The second kappa shape index (κ2) is 5.60. The topological polar surface area (TPSA) is 68.2 Å². The number of benzene rings is 1. The van der Waals surface area contributed by atoms with Crippen molar-refractivity contribution in [3.8, 4) is 11.5 Å². The number of hydrogen-bond acceptors (Lipinski definition) is 6. The molecular weight excluding hydrogens is 334 g/mol. The minimum absolute atomic E-state index is 0.0472. The number of esters is 1. The number of ether oxygens (including phenoxy) is 3. The minimum atomic E-state index is -0.350. The first-order valence-electron chi connectivity index (χ1n) is 9.47. The molecule has 0 aromatic heterocycles. The first kappa shape index (κ1) is 16.4. The molecule has 6 nitrogen and oxygen atoms in total. The van der Waals surface area contributed by atoms with Crippen LogP contribution in [0.3, 0.4) is 0 Å². The lowest BCUT2D eigenvalue weighted by molar-refractivity contribution is -0.169. The van der Waals surface area contributed by atoms with Crippen molar-refractivity contribution in [2.45, 2.75) is 49.3 Å². The van der Waals surface area contributed by atoms with E-state index in [1.54, 1.807) is 6.07 Å². The van der Waals surface area contributed by atoms with Gasteiger partial charge in [0.15, 0.2) is 11.5 Å². The van der Waals surface area contributed by atoms with Gasteiger partial charge in [-0.15, -0.1) is 0 Å². The van der Waals surface area contributed by atoms with Crippen LogP contribution in [-0.2, 0) is 26.1 Å². The number of phenols is 1. The van der Waals surface area contributed by atoms with Crippen LogP contribution in [0.5, 0.6) is 11.5 Å². The van der Waals surface area contributed by atoms with Gasteiger partial charge in [-0.25, -0.2) is 4.79 Å². The van der Waals surface area contributed by atoms with Crippen LogP contribution < -0.4 is 4.74 Å². The molecule has 140 valence electrons. The molecule has 2 bridgehead atoms. The largest absolute Gasteiger partial charge is 0.504 e. The number of nitrogens with zero attached hydrogens (tertiary/aromatic N) is 1. The molecule has 1 aromatic carbocycles. The fourth-order valence-corrected chi connectivity index (χ4v) is 6.13. The van der Waals surface area contributed by atoms with E-state index in [9.17, 15) is 9.90 Å². The Morgan fingerprint density at radius 3 is 3.08 bits per heavy atom. The standard InChI is InChI=1S/C20H25NO5/c1-21-8-7-20-12-4-6-15(25-16(23)10-24-2)19(20)26-18-14(22)5-3-11(17(18)20)9-13(12)21/h3,5,12-13,15,19,22H,4,6-10H2,1-2H3/t12-,13+,15-,19-,20-/m0/s1. The zero-order valence-corrected chi connectivity index (χ0v) is 15.2. The van der Waals surface area contributed by atoms with Gasteiger partial charge in [0.05, 0.1) is 0 Å². The summed E-state index contributed by atoms with van der Waals surface area (Å²) in [7, 11) is 3.70. The number of carbonyl (C=O) groups is 1. The maximum absolute atomic E-state index is 12.1. The molecule has 2 aliphatic heterocycles. The molecule has 5 rings (SSSR count). The van der Waals surface area contributed by atoms with Crippen LogP contribution in [0.1, 0.15) is 30.4 Å². The highest BCUT2D eigenvalue weighted by Crippen LogP contribution is 2.63. The fraction of sp³-hybridized carbons (Fsp3) is 0.650. The number of methoxy groups -OCH3 is 1. The molecule has 2 fully saturated rings.